The van der Waals surface area contributed by atoms with Crippen molar-refractivity contribution in [2.75, 3.05) is 13.1 Å². The summed E-state index contributed by atoms with van der Waals surface area (Å²) in [5.41, 5.74) is 7.14. The maximum atomic E-state index is 13.5. The van der Waals surface area contributed by atoms with Crippen LogP contribution in [0.3, 0.4) is 0 Å². The minimum Gasteiger partial charge on any atom is -0.389 e. The summed E-state index contributed by atoms with van der Waals surface area (Å²) in [6, 6.07) is 4.87. The number of hydrogen-bond donors (Lipinski definition) is 1. The quantitative estimate of drug-likeness (QED) is 0.853. The molecule has 0 atom stereocenters. The van der Waals surface area contributed by atoms with Crippen LogP contribution in [-0.4, -0.2) is 23.0 Å². The molecule has 0 bridgehead atoms. The second-order valence-corrected chi connectivity index (χ2v) is 5.34. The van der Waals surface area contributed by atoms with E-state index in [1.165, 1.54) is 31.7 Å². The summed E-state index contributed by atoms with van der Waals surface area (Å²) in [6.45, 7) is 2.98. The second-order valence-electron chi connectivity index (χ2n) is 4.90. The molecule has 1 heterocycles. The van der Waals surface area contributed by atoms with Crippen LogP contribution in [0.15, 0.2) is 18.2 Å². The van der Waals surface area contributed by atoms with Crippen molar-refractivity contribution in [1.82, 2.24) is 4.90 Å². The average Bonchev–Trinajstić information content (AvgIpc) is 2.57. The molecule has 1 saturated heterocycles. The van der Waals surface area contributed by atoms with E-state index in [1.807, 2.05) is 6.07 Å². The largest absolute Gasteiger partial charge is 0.389 e. The minimum absolute atomic E-state index is 0.256. The molecule has 98 valence electrons. The summed E-state index contributed by atoms with van der Waals surface area (Å²) >= 11 is 4.90. The fraction of sp³-hybridized carbons (Fsp3) is 0.500. The Morgan fingerprint density at radius 3 is 2.44 bits per heavy atom. The lowest BCUT2D eigenvalue weighted by molar-refractivity contribution is 0.276. The highest BCUT2D eigenvalue weighted by Crippen LogP contribution is 2.15. The topological polar surface area (TPSA) is 29.3 Å². The van der Waals surface area contributed by atoms with E-state index in [4.69, 9.17) is 18.0 Å². The second kappa shape index (κ2) is 6.25. The molecule has 1 fully saturated rings. The van der Waals surface area contributed by atoms with Gasteiger partial charge in [0.05, 0.1) is 0 Å². The van der Waals surface area contributed by atoms with E-state index in [9.17, 15) is 4.39 Å². The van der Waals surface area contributed by atoms with Gasteiger partial charge in [-0.2, -0.15) is 0 Å². The summed E-state index contributed by atoms with van der Waals surface area (Å²) < 4.78 is 13.5. The molecule has 0 radical (unpaired) electrons. The maximum absolute atomic E-state index is 13.5. The normalized spacial score (nSPS) is 17.4. The van der Waals surface area contributed by atoms with Gasteiger partial charge in [0.15, 0.2) is 0 Å². The van der Waals surface area contributed by atoms with Crippen molar-refractivity contribution < 1.29 is 4.39 Å². The number of halogens is 1. The summed E-state index contributed by atoms with van der Waals surface area (Å²) in [4.78, 5) is 2.64. The molecule has 2 rings (SSSR count). The Hall–Kier alpha value is -1.00. The Bertz CT molecular complexity index is 426. The molecule has 2 N–H and O–H groups in total. The molecule has 1 aliphatic heterocycles. The highest BCUT2D eigenvalue weighted by atomic mass is 32.1. The van der Waals surface area contributed by atoms with E-state index in [0.29, 0.717) is 5.56 Å². The Morgan fingerprint density at radius 1 is 1.17 bits per heavy atom. The molecule has 0 saturated carbocycles. The van der Waals surface area contributed by atoms with Crippen LogP contribution in [0.4, 0.5) is 4.39 Å². The third kappa shape index (κ3) is 3.75. The molecular formula is C14H19FN2S. The maximum Gasteiger partial charge on any atom is 0.124 e. The van der Waals surface area contributed by atoms with Gasteiger partial charge in [-0.3, -0.25) is 4.90 Å². The van der Waals surface area contributed by atoms with Crippen LogP contribution in [0.25, 0.3) is 0 Å². The first-order valence-electron chi connectivity index (χ1n) is 6.47. The molecule has 0 aromatic heterocycles. The van der Waals surface area contributed by atoms with Gasteiger partial charge in [-0.15, -0.1) is 0 Å². The number of likely N-dealkylation sites (tertiary alicyclic amines) is 1. The molecule has 0 spiro atoms. The van der Waals surface area contributed by atoms with Gasteiger partial charge in [0, 0.05) is 12.1 Å². The molecule has 1 aromatic carbocycles. The van der Waals surface area contributed by atoms with Crippen LogP contribution < -0.4 is 5.73 Å². The monoisotopic (exact) mass is 266 g/mol. The number of thiocarbonyl (C=S) groups is 1. The van der Waals surface area contributed by atoms with E-state index < -0.39 is 0 Å². The van der Waals surface area contributed by atoms with Crippen LogP contribution in [-0.2, 0) is 6.54 Å². The van der Waals surface area contributed by atoms with E-state index >= 15 is 0 Å². The van der Waals surface area contributed by atoms with Gasteiger partial charge in [-0.05, 0) is 49.7 Å². The summed E-state index contributed by atoms with van der Waals surface area (Å²) in [7, 11) is 0. The van der Waals surface area contributed by atoms with Crippen LogP contribution in [0, 0.1) is 5.82 Å². The van der Waals surface area contributed by atoms with Crippen molar-refractivity contribution in [3.8, 4) is 0 Å². The van der Waals surface area contributed by atoms with Crippen molar-refractivity contribution in [2.45, 2.75) is 32.2 Å². The Balaban J connectivity index is 2.10. The Morgan fingerprint density at radius 2 is 1.83 bits per heavy atom. The lowest BCUT2D eigenvalue weighted by Gasteiger charge is -2.20. The molecule has 0 amide bonds. The molecule has 4 heteroatoms. The van der Waals surface area contributed by atoms with Gasteiger partial charge in [0.2, 0.25) is 0 Å². The summed E-state index contributed by atoms with van der Waals surface area (Å²) in [6.07, 6.45) is 5.07. The SMILES string of the molecule is NC(=S)c1cc(F)cc(CN2CCCCCC2)c1. The van der Waals surface area contributed by atoms with Crippen LogP contribution in [0.2, 0.25) is 0 Å². The summed E-state index contributed by atoms with van der Waals surface area (Å²) in [5, 5.41) is 0. The Kier molecular flexibility index (Phi) is 4.66. The van der Waals surface area contributed by atoms with E-state index in [2.05, 4.69) is 4.90 Å². The number of nitrogens with zero attached hydrogens (tertiary/aromatic N) is 1. The van der Waals surface area contributed by atoms with Crippen molar-refractivity contribution in [3.05, 3.63) is 35.1 Å². The van der Waals surface area contributed by atoms with Crippen molar-refractivity contribution in [3.63, 3.8) is 0 Å². The zero-order valence-corrected chi connectivity index (χ0v) is 11.3. The zero-order chi connectivity index (χ0) is 13.0. The number of hydrogen-bond acceptors (Lipinski definition) is 2. The van der Waals surface area contributed by atoms with Crippen molar-refractivity contribution >= 4 is 17.2 Å². The van der Waals surface area contributed by atoms with Crippen molar-refractivity contribution in [1.29, 1.82) is 0 Å². The summed E-state index contributed by atoms with van der Waals surface area (Å²) in [5.74, 6) is -0.259. The average molecular weight is 266 g/mol. The lowest BCUT2D eigenvalue weighted by Crippen LogP contribution is -2.24. The standard InChI is InChI=1S/C14H19FN2S/c15-13-8-11(7-12(9-13)14(16)18)10-17-5-3-1-2-4-6-17/h7-9H,1-6,10H2,(H2,16,18). The predicted molar refractivity (Wildman–Crippen MR) is 76.0 cm³/mol. The van der Waals surface area contributed by atoms with Gasteiger partial charge in [0.1, 0.15) is 10.8 Å². The first-order valence-corrected chi connectivity index (χ1v) is 6.87. The highest BCUT2D eigenvalue weighted by Gasteiger charge is 2.11. The van der Waals surface area contributed by atoms with E-state index in [-0.39, 0.29) is 10.8 Å². The molecule has 2 nitrogen and oxygen atoms in total. The molecule has 18 heavy (non-hydrogen) atoms. The lowest BCUT2D eigenvalue weighted by atomic mass is 10.1. The fourth-order valence-electron chi connectivity index (χ4n) is 2.44. The Labute approximate surface area is 113 Å². The van der Waals surface area contributed by atoms with Gasteiger partial charge in [-0.25, -0.2) is 4.39 Å². The predicted octanol–water partition coefficient (Wildman–Crippen LogP) is 2.84. The van der Waals surface area contributed by atoms with E-state index in [1.54, 1.807) is 6.07 Å². The van der Waals surface area contributed by atoms with E-state index in [0.717, 1.165) is 25.2 Å². The van der Waals surface area contributed by atoms with Crippen molar-refractivity contribution in [2.24, 2.45) is 5.73 Å². The number of nitrogens with two attached hydrogens (primary N) is 1. The minimum atomic E-state index is -0.259. The number of rotatable bonds is 3. The van der Waals surface area contributed by atoms with Crippen LogP contribution in [0.1, 0.15) is 36.8 Å². The first-order chi connectivity index (χ1) is 8.65. The number of benzene rings is 1. The third-order valence-electron chi connectivity index (χ3n) is 3.35. The van der Waals surface area contributed by atoms with Crippen LogP contribution in [0.5, 0.6) is 0 Å². The van der Waals surface area contributed by atoms with Crippen LogP contribution >= 0.6 is 12.2 Å². The van der Waals surface area contributed by atoms with Gasteiger partial charge < -0.3 is 5.73 Å². The highest BCUT2D eigenvalue weighted by molar-refractivity contribution is 7.80. The smallest absolute Gasteiger partial charge is 0.124 e. The zero-order valence-electron chi connectivity index (χ0n) is 10.5. The fourth-order valence-corrected chi connectivity index (χ4v) is 2.55. The molecule has 1 aliphatic rings. The molecule has 1 aromatic rings. The molecular weight excluding hydrogens is 247 g/mol. The van der Waals surface area contributed by atoms with Gasteiger partial charge in [-0.1, -0.05) is 25.1 Å². The molecule has 0 unspecified atom stereocenters. The molecule has 0 aliphatic carbocycles. The van der Waals surface area contributed by atoms with Gasteiger partial charge >= 0.3 is 0 Å². The first kappa shape index (κ1) is 13.4. The third-order valence-corrected chi connectivity index (χ3v) is 3.58. The van der Waals surface area contributed by atoms with Gasteiger partial charge in [0.25, 0.3) is 0 Å².